The van der Waals surface area contributed by atoms with Crippen LogP contribution in [0.3, 0.4) is 0 Å². The van der Waals surface area contributed by atoms with Crippen molar-refractivity contribution in [2.24, 2.45) is 5.73 Å². The van der Waals surface area contributed by atoms with Gasteiger partial charge in [0.05, 0.1) is 0 Å². The fraction of sp³-hybridized carbons (Fsp3) is 0.417. The second-order valence-corrected chi connectivity index (χ2v) is 4.00. The number of hydrogen-bond donors (Lipinski definition) is 1. The Morgan fingerprint density at radius 1 is 1.31 bits per heavy atom. The van der Waals surface area contributed by atoms with Crippen molar-refractivity contribution >= 4 is 11.7 Å². The first-order valence-electron chi connectivity index (χ1n) is 5.56. The van der Waals surface area contributed by atoms with Gasteiger partial charge < -0.3 is 10.6 Å². The van der Waals surface area contributed by atoms with Crippen molar-refractivity contribution in [1.82, 2.24) is 4.90 Å². The highest BCUT2D eigenvalue weighted by atomic mass is 16.2. The molecule has 0 unspecified atom stereocenters. The summed E-state index contributed by atoms with van der Waals surface area (Å²) < 4.78 is 0. The number of urea groups is 1. The molecule has 2 N–H and O–H groups in total. The molecule has 4 nitrogen and oxygen atoms in total. The molecule has 1 fully saturated rings. The zero-order valence-corrected chi connectivity index (χ0v) is 9.52. The summed E-state index contributed by atoms with van der Waals surface area (Å²) >= 11 is 0. The number of amides is 2. The summed E-state index contributed by atoms with van der Waals surface area (Å²) in [6.45, 7) is 4.71. The van der Waals surface area contributed by atoms with Crippen LogP contribution >= 0.6 is 0 Å². The van der Waals surface area contributed by atoms with Gasteiger partial charge in [0, 0.05) is 31.9 Å². The van der Waals surface area contributed by atoms with Crippen LogP contribution in [-0.4, -0.2) is 37.1 Å². The summed E-state index contributed by atoms with van der Waals surface area (Å²) in [7, 11) is 0. The number of nitrogens with two attached hydrogens (primary N) is 1. The normalized spacial score (nSPS) is 16.0. The van der Waals surface area contributed by atoms with Crippen molar-refractivity contribution in [2.75, 3.05) is 31.1 Å². The number of rotatable bonds is 3. The van der Waals surface area contributed by atoms with Crippen molar-refractivity contribution in [3.63, 3.8) is 0 Å². The van der Waals surface area contributed by atoms with E-state index in [4.69, 9.17) is 5.73 Å². The van der Waals surface area contributed by atoms with Crippen LogP contribution in [0.15, 0.2) is 24.3 Å². The van der Waals surface area contributed by atoms with E-state index in [2.05, 4.69) is 0 Å². The molecular weight excluding hydrogens is 202 g/mol. The maximum Gasteiger partial charge on any atom is 0.324 e. The van der Waals surface area contributed by atoms with Gasteiger partial charge in [-0.15, -0.1) is 0 Å². The number of hydrogen-bond acceptors (Lipinski definition) is 2. The van der Waals surface area contributed by atoms with E-state index in [1.165, 1.54) is 0 Å². The fourth-order valence-electron chi connectivity index (χ4n) is 2.04. The van der Waals surface area contributed by atoms with E-state index in [0.29, 0.717) is 13.1 Å². The molecule has 1 aromatic carbocycles. The lowest BCUT2D eigenvalue weighted by molar-refractivity contribution is 0.222. The topological polar surface area (TPSA) is 49.6 Å². The van der Waals surface area contributed by atoms with E-state index in [9.17, 15) is 4.79 Å². The van der Waals surface area contributed by atoms with Crippen molar-refractivity contribution < 1.29 is 4.79 Å². The molecule has 86 valence electrons. The van der Waals surface area contributed by atoms with E-state index in [1.54, 1.807) is 4.90 Å². The van der Waals surface area contributed by atoms with Gasteiger partial charge in [-0.2, -0.15) is 0 Å². The fourth-order valence-corrected chi connectivity index (χ4v) is 2.04. The molecule has 2 rings (SSSR count). The van der Waals surface area contributed by atoms with Gasteiger partial charge in [-0.3, -0.25) is 4.90 Å². The van der Waals surface area contributed by atoms with Gasteiger partial charge in [-0.1, -0.05) is 18.2 Å². The number of benzene rings is 1. The maximum absolute atomic E-state index is 12.0. The standard InChI is InChI=1S/C12H17N3O/c1-10-4-2-3-5-11(10)15-9-8-14(7-6-13)12(15)16/h2-5H,6-9,13H2,1H3. The third-order valence-corrected chi connectivity index (χ3v) is 2.90. The number of carbonyl (C=O) groups is 1. The number of aryl methyl sites for hydroxylation is 1. The highest BCUT2D eigenvalue weighted by Crippen LogP contribution is 2.23. The van der Waals surface area contributed by atoms with Crippen LogP contribution in [0.5, 0.6) is 0 Å². The van der Waals surface area contributed by atoms with E-state index in [1.807, 2.05) is 36.1 Å². The average Bonchev–Trinajstić information content (AvgIpc) is 2.62. The smallest absolute Gasteiger partial charge is 0.324 e. The van der Waals surface area contributed by atoms with Crippen LogP contribution < -0.4 is 10.6 Å². The van der Waals surface area contributed by atoms with Crippen LogP contribution in [0.25, 0.3) is 0 Å². The zero-order valence-electron chi connectivity index (χ0n) is 9.52. The molecule has 1 heterocycles. The first-order valence-corrected chi connectivity index (χ1v) is 5.56. The van der Waals surface area contributed by atoms with Crippen molar-refractivity contribution in [3.8, 4) is 0 Å². The predicted octanol–water partition coefficient (Wildman–Crippen LogP) is 1.20. The Hall–Kier alpha value is -1.55. The largest absolute Gasteiger partial charge is 0.329 e. The van der Waals surface area contributed by atoms with E-state index >= 15 is 0 Å². The molecule has 1 aliphatic rings. The number of carbonyl (C=O) groups excluding carboxylic acids is 1. The summed E-state index contributed by atoms with van der Waals surface area (Å²) in [5.74, 6) is 0. The van der Waals surface area contributed by atoms with Crippen LogP contribution in [0.1, 0.15) is 5.56 Å². The summed E-state index contributed by atoms with van der Waals surface area (Å²) in [6, 6.07) is 8.02. The highest BCUT2D eigenvalue weighted by Gasteiger charge is 2.29. The molecule has 0 radical (unpaired) electrons. The Bertz CT molecular complexity index is 392. The van der Waals surface area contributed by atoms with E-state index < -0.39 is 0 Å². The summed E-state index contributed by atoms with van der Waals surface area (Å²) in [4.78, 5) is 15.7. The Morgan fingerprint density at radius 2 is 2.06 bits per heavy atom. The Labute approximate surface area is 95.6 Å². The lowest BCUT2D eigenvalue weighted by Gasteiger charge is -2.19. The Balaban J connectivity index is 2.19. The molecule has 0 bridgehead atoms. The molecular formula is C12H17N3O. The summed E-state index contributed by atoms with van der Waals surface area (Å²) in [6.07, 6.45) is 0. The zero-order chi connectivity index (χ0) is 11.5. The van der Waals surface area contributed by atoms with E-state index in [0.717, 1.165) is 24.3 Å². The monoisotopic (exact) mass is 219 g/mol. The third-order valence-electron chi connectivity index (χ3n) is 2.90. The molecule has 4 heteroatoms. The maximum atomic E-state index is 12.0. The quantitative estimate of drug-likeness (QED) is 0.830. The van der Waals surface area contributed by atoms with Gasteiger partial charge in [0.1, 0.15) is 0 Å². The van der Waals surface area contributed by atoms with Crippen molar-refractivity contribution in [3.05, 3.63) is 29.8 Å². The van der Waals surface area contributed by atoms with Gasteiger partial charge in [0.25, 0.3) is 0 Å². The number of nitrogens with zero attached hydrogens (tertiary/aromatic N) is 2. The second kappa shape index (κ2) is 4.53. The molecule has 1 aromatic rings. The number of anilines is 1. The molecule has 16 heavy (non-hydrogen) atoms. The molecule has 1 aliphatic heterocycles. The highest BCUT2D eigenvalue weighted by molar-refractivity contribution is 5.94. The minimum absolute atomic E-state index is 0.0692. The lowest BCUT2D eigenvalue weighted by Crippen LogP contribution is -2.35. The molecule has 0 aliphatic carbocycles. The SMILES string of the molecule is Cc1ccccc1N1CCN(CCN)C1=O. The predicted molar refractivity (Wildman–Crippen MR) is 64.5 cm³/mol. The van der Waals surface area contributed by atoms with Crippen molar-refractivity contribution in [2.45, 2.75) is 6.92 Å². The molecule has 0 aromatic heterocycles. The van der Waals surface area contributed by atoms with E-state index in [-0.39, 0.29) is 6.03 Å². The van der Waals surface area contributed by atoms with Crippen LogP contribution in [0.2, 0.25) is 0 Å². The van der Waals surface area contributed by atoms with Crippen LogP contribution in [0.4, 0.5) is 10.5 Å². The van der Waals surface area contributed by atoms with Gasteiger partial charge in [0.15, 0.2) is 0 Å². The van der Waals surface area contributed by atoms with Gasteiger partial charge in [-0.25, -0.2) is 4.79 Å². The molecule has 1 saturated heterocycles. The first-order chi connectivity index (χ1) is 7.74. The minimum Gasteiger partial charge on any atom is -0.329 e. The van der Waals surface area contributed by atoms with Crippen LogP contribution in [0, 0.1) is 6.92 Å². The minimum atomic E-state index is 0.0692. The molecule has 2 amide bonds. The van der Waals surface area contributed by atoms with Crippen molar-refractivity contribution in [1.29, 1.82) is 0 Å². The summed E-state index contributed by atoms with van der Waals surface area (Å²) in [5.41, 5.74) is 7.61. The number of para-hydroxylation sites is 1. The van der Waals surface area contributed by atoms with Gasteiger partial charge in [0.2, 0.25) is 0 Å². The Morgan fingerprint density at radius 3 is 2.75 bits per heavy atom. The molecule has 0 atom stereocenters. The third kappa shape index (κ3) is 1.88. The van der Waals surface area contributed by atoms with Gasteiger partial charge >= 0.3 is 6.03 Å². The first kappa shape index (κ1) is 11.0. The second-order valence-electron chi connectivity index (χ2n) is 4.00. The lowest BCUT2D eigenvalue weighted by atomic mass is 10.2. The summed E-state index contributed by atoms with van der Waals surface area (Å²) in [5, 5.41) is 0. The molecule has 0 saturated carbocycles. The van der Waals surface area contributed by atoms with Crippen LogP contribution in [-0.2, 0) is 0 Å². The average molecular weight is 219 g/mol. The molecule has 0 spiro atoms. The Kier molecular flexibility index (Phi) is 3.10. The van der Waals surface area contributed by atoms with Gasteiger partial charge in [-0.05, 0) is 18.6 Å².